The molecule has 2 aromatic heterocycles. The molecule has 0 aliphatic rings. The number of rotatable bonds is 2. The number of hydrogen-bond donors (Lipinski definition) is 6. The first kappa shape index (κ1) is 13.1. The Morgan fingerprint density at radius 1 is 0.750 bits per heavy atom. The molecule has 0 spiro atoms. The van der Waals surface area contributed by atoms with Gasteiger partial charge in [-0.2, -0.15) is 0 Å². The summed E-state index contributed by atoms with van der Waals surface area (Å²) < 4.78 is 0. The van der Waals surface area contributed by atoms with Crippen molar-refractivity contribution in [3.05, 3.63) is 32.8 Å². The van der Waals surface area contributed by atoms with Crippen LogP contribution in [0.5, 0.6) is 23.3 Å². The van der Waals surface area contributed by atoms with Crippen LogP contribution in [-0.2, 0) is 0 Å². The van der Waals surface area contributed by atoms with Crippen LogP contribution in [0.2, 0.25) is 0 Å². The van der Waals surface area contributed by atoms with E-state index in [1.807, 2.05) is 9.97 Å². The van der Waals surface area contributed by atoms with Gasteiger partial charge in [0.15, 0.2) is 22.9 Å². The van der Waals surface area contributed by atoms with Crippen LogP contribution in [0.25, 0.3) is 0 Å². The Balaban J connectivity index is 2.50. The summed E-state index contributed by atoms with van der Waals surface area (Å²) in [4.78, 5) is 25.7. The Bertz CT molecular complexity index is 686. The number of azo groups is 1. The summed E-state index contributed by atoms with van der Waals surface area (Å²) in [7, 11) is 0. The lowest BCUT2D eigenvalue weighted by atomic mass is 10.3. The number of aromatic amines is 2. The van der Waals surface area contributed by atoms with Gasteiger partial charge in [0.1, 0.15) is 0 Å². The van der Waals surface area contributed by atoms with E-state index in [0.717, 1.165) is 12.1 Å². The second-order valence-electron chi connectivity index (χ2n) is 3.63. The van der Waals surface area contributed by atoms with Gasteiger partial charge >= 0.3 is 0 Å². The maximum absolute atomic E-state index is 10.9. The first-order valence-corrected chi connectivity index (χ1v) is 5.10. The lowest BCUT2D eigenvalue weighted by Crippen LogP contribution is -2.02. The van der Waals surface area contributed by atoms with Crippen LogP contribution in [0.1, 0.15) is 0 Å². The average molecular weight is 280 g/mol. The minimum atomic E-state index is -0.756. The van der Waals surface area contributed by atoms with Gasteiger partial charge in [0, 0.05) is 12.1 Å². The Labute approximate surface area is 109 Å². The minimum absolute atomic E-state index is 0.477. The Kier molecular flexibility index (Phi) is 3.13. The molecule has 0 atom stereocenters. The van der Waals surface area contributed by atoms with Crippen LogP contribution < -0.4 is 11.1 Å². The van der Waals surface area contributed by atoms with Gasteiger partial charge in [-0.1, -0.05) is 0 Å². The largest absolute Gasteiger partial charge is 0.505 e. The molecule has 0 aliphatic heterocycles. The lowest BCUT2D eigenvalue weighted by Gasteiger charge is -2.01. The lowest BCUT2D eigenvalue weighted by molar-refractivity contribution is 0.430. The summed E-state index contributed by atoms with van der Waals surface area (Å²) in [5.41, 5.74) is -2.47. The first-order valence-electron chi connectivity index (χ1n) is 5.10. The quantitative estimate of drug-likeness (QED) is 0.432. The molecule has 0 fully saturated rings. The predicted octanol–water partition coefficient (Wildman–Crippen LogP) is 0.301. The van der Waals surface area contributed by atoms with Crippen molar-refractivity contribution in [2.45, 2.75) is 0 Å². The minimum Gasteiger partial charge on any atom is -0.505 e. The van der Waals surface area contributed by atoms with Crippen LogP contribution >= 0.6 is 0 Å². The van der Waals surface area contributed by atoms with E-state index in [-0.39, 0.29) is 0 Å². The normalized spacial score (nSPS) is 11.0. The fourth-order valence-electron chi connectivity index (χ4n) is 1.35. The van der Waals surface area contributed by atoms with E-state index in [0.29, 0.717) is 0 Å². The molecule has 0 saturated carbocycles. The van der Waals surface area contributed by atoms with Gasteiger partial charge in [-0.25, -0.2) is 0 Å². The molecule has 10 heteroatoms. The fraction of sp³-hybridized carbons (Fsp3) is 0. The molecule has 0 saturated heterocycles. The molecule has 0 bridgehead atoms. The number of nitrogens with zero attached hydrogens (tertiary/aromatic N) is 2. The van der Waals surface area contributed by atoms with Gasteiger partial charge < -0.3 is 20.4 Å². The van der Waals surface area contributed by atoms with Crippen molar-refractivity contribution in [2.75, 3.05) is 0 Å². The summed E-state index contributed by atoms with van der Waals surface area (Å²) in [6.07, 6.45) is 0. The molecular formula is C10H8N4O6. The maximum Gasteiger partial charge on any atom is 0.254 e. The first-order chi connectivity index (χ1) is 9.38. The van der Waals surface area contributed by atoms with Crippen LogP contribution in [0, 0.1) is 0 Å². The van der Waals surface area contributed by atoms with Crippen molar-refractivity contribution >= 4 is 11.4 Å². The molecule has 2 aromatic rings. The molecule has 0 unspecified atom stereocenters. The zero-order valence-corrected chi connectivity index (χ0v) is 9.65. The maximum atomic E-state index is 10.9. The highest BCUT2D eigenvalue weighted by atomic mass is 16.3. The van der Waals surface area contributed by atoms with E-state index in [1.165, 1.54) is 0 Å². The van der Waals surface area contributed by atoms with E-state index in [1.54, 1.807) is 0 Å². The molecule has 0 aromatic carbocycles. The van der Waals surface area contributed by atoms with Crippen molar-refractivity contribution in [1.29, 1.82) is 0 Å². The second-order valence-corrected chi connectivity index (χ2v) is 3.63. The molecule has 20 heavy (non-hydrogen) atoms. The highest BCUT2D eigenvalue weighted by Gasteiger charge is 2.12. The van der Waals surface area contributed by atoms with E-state index >= 15 is 0 Å². The Hall–Kier alpha value is -3.30. The van der Waals surface area contributed by atoms with E-state index in [9.17, 15) is 30.0 Å². The van der Waals surface area contributed by atoms with Gasteiger partial charge in [-0.05, 0) is 0 Å². The number of H-pyrrole nitrogens is 2. The van der Waals surface area contributed by atoms with Gasteiger partial charge in [-0.15, -0.1) is 10.2 Å². The highest BCUT2D eigenvalue weighted by molar-refractivity contribution is 5.59. The van der Waals surface area contributed by atoms with Crippen molar-refractivity contribution in [1.82, 2.24) is 9.97 Å². The molecule has 104 valence electrons. The Morgan fingerprint density at radius 2 is 1.10 bits per heavy atom. The summed E-state index contributed by atoms with van der Waals surface area (Å²) in [5, 5.41) is 44.4. The summed E-state index contributed by atoms with van der Waals surface area (Å²) in [5.74, 6) is -2.80. The van der Waals surface area contributed by atoms with Gasteiger partial charge in [0.25, 0.3) is 11.1 Å². The summed E-state index contributed by atoms with van der Waals surface area (Å²) >= 11 is 0. The molecule has 2 rings (SSSR count). The van der Waals surface area contributed by atoms with Gasteiger partial charge in [0.05, 0.1) is 0 Å². The number of pyridine rings is 2. The Morgan fingerprint density at radius 3 is 1.40 bits per heavy atom. The number of aromatic hydroxyl groups is 4. The summed E-state index contributed by atoms with van der Waals surface area (Å²) in [6.45, 7) is 0. The standard InChI is InChI=1S/C10H8N4O6/c15-3-1-5(17)11-9(19)7(3)13-14-8-4(16)2-6(18)12-10(8)20/h1-2H,(H3,11,15,17,19)(H3,12,16,18,20). The molecule has 10 nitrogen and oxygen atoms in total. The number of aromatic nitrogens is 2. The predicted molar refractivity (Wildman–Crippen MR) is 65.0 cm³/mol. The van der Waals surface area contributed by atoms with Crippen LogP contribution in [0.4, 0.5) is 11.4 Å². The highest BCUT2D eigenvalue weighted by Crippen LogP contribution is 2.37. The topological polar surface area (TPSA) is 171 Å². The number of hydrogen-bond acceptors (Lipinski definition) is 8. The van der Waals surface area contributed by atoms with Crippen molar-refractivity contribution < 1.29 is 20.4 Å². The molecule has 0 amide bonds. The average Bonchev–Trinajstić information content (AvgIpc) is 2.30. The van der Waals surface area contributed by atoms with E-state index in [2.05, 4.69) is 10.2 Å². The van der Waals surface area contributed by atoms with Crippen LogP contribution in [0.3, 0.4) is 0 Å². The summed E-state index contributed by atoms with van der Waals surface area (Å²) in [6, 6.07) is 1.50. The van der Waals surface area contributed by atoms with Crippen LogP contribution in [-0.4, -0.2) is 30.4 Å². The van der Waals surface area contributed by atoms with Crippen LogP contribution in [0.15, 0.2) is 32.0 Å². The third-order valence-electron chi connectivity index (χ3n) is 2.20. The zero-order chi connectivity index (χ0) is 14.9. The second kappa shape index (κ2) is 4.76. The van der Waals surface area contributed by atoms with E-state index in [4.69, 9.17) is 0 Å². The molecule has 6 N–H and O–H groups in total. The van der Waals surface area contributed by atoms with E-state index < -0.39 is 45.8 Å². The number of nitrogens with one attached hydrogen (secondary N) is 2. The monoisotopic (exact) mass is 280 g/mol. The molecular weight excluding hydrogens is 272 g/mol. The third-order valence-corrected chi connectivity index (χ3v) is 2.20. The zero-order valence-electron chi connectivity index (χ0n) is 9.65. The third kappa shape index (κ3) is 2.43. The molecule has 0 aliphatic carbocycles. The SMILES string of the molecule is O=c1cc(O)c(N=Nc2c(O)cc(=O)[nH]c2O)c(O)[nH]1. The molecule has 2 heterocycles. The molecule has 0 radical (unpaired) electrons. The van der Waals surface area contributed by atoms with Crippen molar-refractivity contribution in [3.63, 3.8) is 0 Å². The smallest absolute Gasteiger partial charge is 0.254 e. The van der Waals surface area contributed by atoms with Crippen molar-refractivity contribution in [3.8, 4) is 23.3 Å². The van der Waals surface area contributed by atoms with Crippen molar-refractivity contribution in [2.24, 2.45) is 10.2 Å². The van der Waals surface area contributed by atoms with Gasteiger partial charge in [-0.3, -0.25) is 19.6 Å². The fourth-order valence-corrected chi connectivity index (χ4v) is 1.35. The van der Waals surface area contributed by atoms with Gasteiger partial charge in [0.2, 0.25) is 11.8 Å².